The Morgan fingerprint density at radius 1 is 0.889 bits per heavy atom. The van der Waals surface area contributed by atoms with Gasteiger partial charge in [-0.2, -0.15) is 5.26 Å². The highest BCUT2D eigenvalue weighted by Crippen LogP contribution is 2.51. The van der Waals surface area contributed by atoms with Crippen LogP contribution in [0.2, 0.25) is 0 Å². The first-order valence-corrected chi connectivity index (χ1v) is 12.0. The summed E-state index contributed by atoms with van der Waals surface area (Å²) in [6, 6.07) is 24.7. The second kappa shape index (κ2) is 10.6. The van der Waals surface area contributed by atoms with Gasteiger partial charge in [0.25, 0.3) is 0 Å². The summed E-state index contributed by atoms with van der Waals surface area (Å²) in [6.45, 7) is 3.81. The van der Waals surface area contributed by atoms with Crippen LogP contribution in [-0.4, -0.2) is 33.7 Å². The molecule has 4 unspecified atom stereocenters. The number of carbonyl (C=O) groups excluding carboxylic acids is 2. The smallest absolute Gasteiger partial charge is 0.327 e. The number of nitrogens with zero attached hydrogens (tertiary/aromatic N) is 2. The first kappa shape index (κ1) is 24.9. The largest absolute Gasteiger partial charge is 0.480 e. The summed E-state index contributed by atoms with van der Waals surface area (Å²) >= 11 is 0. The Hall–Kier alpha value is -4.24. The normalized spacial score (nSPS) is 21.2. The Balaban J connectivity index is 1.97. The molecule has 1 fully saturated rings. The van der Waals surface area contributed by atoms with Crippen LogP contribution in [0.5, 0.6) is 0 Å². The first-order chi connectivity index (χ1) is 17.3. The van der Waals surface area contributed by atoms with Crippen molar-refractivity contribution in [1.82, 2.24) is 4.90 Å². The Kier molecular flexibility index (Phi) is 7.30. The van der Waals surface area contributed by atoms with Gasteiger partial charge in [0.1, 0.15) is 6.04 Å². The molecule has 1 aliphatic rings. The summed E-state index contributed by atoms with van der Waals surface area (Å²) in [5, 5.41) is 19.7. The zero-order valence-corrected chi connectivity index (χ0v) is 20.2. The van der Waals surface area contributed by atoms with Crippen LogP contribution in [-0.2, 0) is 9.59 Å². The number of hydrogen-bond acceptors (Lipinski definition) is 4. The van der Waals surface area contributed by atoms with Gasteiger partial charge in [-0.05, 0) is 29.2 Å². The number of likely N-dealkylation sites (tertiary alicyclic amines) is 1. The molecular formula is C30H28N2O4. The van der Waals surface area contributed by atoms with E-state index in [1.54, 1.807) is 48.5 Å². The number of nitriles is 1. The maximum Gasteiger partial charge on any atom is 0.327 e. The molecule has 0 aliphatic carbocycles. The van der Waals surface area contributed by atoms with Gasteiger partial charge in [0, 0.05) is 17.9 Å². The Labute approximate surface area is 210 Å². The number of carbonyl (C=O) groups is 3. The molecule has 36 heavy (non-hydrogen) atoms. The van der Waals surface area contributed by atoms with Crippen LogP contribution >= 0.6 is 0 Å². The Bertz CT molecular complexity index is 1280. The Morgan fingerprint density at radius 2 is 1.47 bits per heavy atom. The van der Waals surface area contributed by atoms with Crippen molar-refractivity contribution >= 4 is 17.7 Å². The summed E-state index contributed by atoms with van der Waals surface area (Å²) in [4.78, 5) is 42.0. The van der Waals surface area contributed by atoms with Crippen molar-refractivity contribution in [1.29, 1.82) is 5.26 Å². The van der Waals surface area contributed by atoms with Crippen LogP contribution in [0.15, 0.2) is 84.9 Å². The van der Waals surface area contributed by atoms with Gasteiger partial charge in [0.05, 0.1) is 23.6 Å². The molecular weight excluding hydrogens is 452 g/mol. The third-order valence-corrected chi connectivity index (χ3v) is 6.72. The number of benzene rings is 3. The van der Waals surface area contributed by atoms with E-state index in [9.17, 15) is 24.8 Å². The van der Waals surface area contributed by atoms with Crippen LogP contribution in [0, 0.1) is 23.2 Å². The fourth-order valence-corrected chi connectivity index (χ4v) is 5.24. The highest BCUT2D eigenvalue weighted by molar-refractivity contribution is 6.01. The number of hydrogen-bond donors (Lipinski definition) is 1. The van der Waals surface area contributed by atoms with E-state index in [0.29, 0.717) is 22.3 Å². The molecule has 0 saturated carbocycles. The summed E-state index contributed by atoms with van der Waals surface area (Å²) in [5.74, 6) is -3.26. The molecule has 3 aromatic rings. The maximum atomic E-state index is 14.1. The molecule has 1 heterocycles. The average Bonchev–Trinajstić information content (AvgIpc) is 3.25. The molecule has 1 aliphatic heterocycles. The average molecular weight is 481 g/mol. The number of Topliss-reactive ketones (excluding diaryl/α,β-unsaturated/α-hetero) is 1. The maximum absolute atomic E-state index is 14.1. The fraction of sp³-hybridized carbons (Fsp3) is 0.267. The van der Waals surface area contributed by atoms with Crippen molar-refractivity contribution in [3.63, 3.8) is 0 Å². The van der Waals surface area contributed by atoms with Gasteiger partial charge in [-0.3, -0.25) is 9.59 Å². The third kappa shape index (κ3) is 4.78. The summed E-state index contributed by atoms with van der Waals surface area (Å²) in [6.07, 6.45) is 0.157. The molecule has 182 valence electrons. The van der Waals surface area contributed by atoms with Crippen LogP contribution < -0.4 is 0 Å². The first-order valence-electron chi connectivity index (χ1n) is 12.0. The van der Waals surface area contributed by atoms with Crippen molar-refractivity contribution in [2.24, 2.45) is 11.8 Å². The van der Waals surface area contributed by atoms with Crippen molar-refractivity contribution in [3.8, 4) is 6.07 Å². The minimum absolute atomic E-state index is 0.00705. The zero-order chi connectivity index (χ0) is 25.8. The van der Waals surface area contributed by atoms with E-state index in [2.05, 4.69) is 6.07 Å². The highest BCUT2D eigenvalue weighted by atomic mass is 16.4. The quantitative estimate of drug-likeness (QED) is 0.467. The van der Waals surface area contributed by atoms with Crippen LogP contribution in [0.1, 0.15) is 59.3 Å². The standard InChI is InChI=1S/C30H28N2O4/c1-19(2)17-24(33)32-27(22-15-13-20(18-31)14-16-22)26(29(34)23-11-7-4-8-12-23)25(28(32)30(35)36)21-9-5-3-6-10-21/h3-16,19,25-28H,17H2,1-2H3,(H,35,36). The Morgan fingerprint density at radius 3 is 2.00 bits per heavy atom. The molecule has 3 aromatic carbocycles. The number of rotatable bonds is 7. The second-order valence-electron chi connectivity index (χ2n) is 9.55. The lowest BCUT2D eigenvalue weighted by atomic mass is 9.76. The van der Waals surface area contributed by atoms with Crippen LogP contribution in [0.25, 0.3) is 0 Å². The number of aliphatic carboxylic acids is 1. The van der Waals surface area contributed by atoms with Gasteiger partial charge >= 0.3 is 5.97 Å². The van der Waals surface area contributed by atoms with E-state index in [4.69, 9.17) is 0 Å². The topological polar surface area (TPSA) is 98.5 Å². The highest BCUT2D eigenvalue weighted by Gasteiger charge is 2.57. The molecule has 0 spiro atoms. The molecule has 0 bridgehead atoms. The molecule has 4 rings (SSSR count). The van der Waals surface area contributed by atoms with Crippen molar-refractivity contribution in [2.75, 3.05) is 0 Å². The van der Waals surface area contributed by atoms with Crippen molar-refractivity contribution in [2.45, 2.75) is 38.3 Å². The summed E-state index contributed by atoms with van der Waals surface area (Å²) in [5.41, 5.74) is 2.23. The number of amides is 1. The number of ketones is 1. The van der Waals surface area contributed by atoms with Crippen LogP contribution in [0.3, 0.4) is 0 Å². The molecule has 1 amide bonds. The molecule has 4 atom stereocenters. The number of carboxylic acids is 1. The van der Waals surface area contributed by atoms with Gasteiger partial charge in [-0.25, -0.2) is 4.79 Å². The van der Waals surface area contributed by atoms with Gasteiger partial charge in [-0.1, -0.05) is 86.6 Å². The van der Waals surface area contributed by atoms with Gasteiger partial charge in [0.2, 0.25) is 5.91 Å². The molecule has 0 radical (unpaired) electrons. The van der Waals surface area contributed by atoms with E-state index in [1.807, 2.05) is 50.2 Å². The lowest BCUT2D eigenvalue weighted by Gasteiger charge is -2.31. The van der Waals surface area contributed by atoms with E-state index in [1.165, 1.54) is 4.90 Å². The van der Waals surface area contributed by atoms with E-state index in [0.717, 1.165) is 0 Å². The molecule has 6 heteroatoms. The molecule has 1 saturated heterocycles. The fourth-order valence-electron chi connectivity index (χ4n) is 5.24. The zero-order valence-electron chi connectivity index (χ0n) is 20.2. The van der Waals surface area contributed by atoms with Crippen molar-refractivity contribution < 1.29 is 19.5 Å². The SMILES string of the molecule is CC(C)CC(=O)N1C(C(=O)O)C(c2ccccc2)C(C(=O)c2ccccc2)C1c1ccc(C#N)cc1. The summed E-state index contributed by atoms with van der Waals surface area (Å²) in [7, 11) is 0. The third-order valence-electron chi connectivity index (χ3n) is 6.72. The van der Waals surface area contributed by atoms with Crippen LogP contribution in [0.4, 0.5) is 0 Å². The van der Waals surface area contributed by atoms with E-state index >= 15 is 0 Å². The molecule has 0 aromatic heterocycles. The van der Waals surface area contributed by atoms with Gasteiger partial charge in [-0.15, -0.1) is 0 Å². The monoisotopic (exact) mass is 480 g/mol. The number of carboxylic acid groups (broad SMARTS) is 1. The van der Waals surface area contributed by atoms with Crippen molar-refractivity contribution in [3.05, 3.63) is 107 Å². The molecule has 1 N–H and O–H groups in total. The molecule has 6 nitrogen and oxygen atoms in total. The van der Waals surface area contributed by atoms with E-state index < -0.39 is 29.9 Å². The lowest BCUT2D eigenvalue weighted by molar-refractivity contribution is -0.150. The minimum Gasteiger partial charge on any atom is -0.480 e. The van der Waals surface area contributed by atoms with Gasteiger partial charge < -0.3 is 10.0 Å². The summed E-state index contributed by atoms with van der Waals surface area (Å²) < 4.78 is 0. The second-order valence-corrected chi connectivity index (χ2v) is 9.55. The van der Waals surface area contributed by atoms with Gasteiger partial charge in [0.15, 0.2) is 5.78 Å². The van der Waals surface area contributed by atoms with E-state index in [-0.39, 0.29) is 24.0 Å². The predicted molar refractivity (Wildman–Crippen MR) is 135 cm³/mol. The predicted octanol–water partition coefficient (Wildman–Crippen LogP) is 5.22. The lowest BCUT2D eigenvalue weighted by Crippen LogP contribution is -2.44. The minimum atomic E-state index is -1.23.